The van der Waals surface area contributed by atoms with Crippen LogP contribution in [0.4, 0.5) is 0 Å². The van der Waals surface area contributed by atoms with Crippen molar-refractivity contribution in [1.82, 2.24) is 10.2 Å². The topological polar surface area (TPSA) is 69.6 Å². The predicted molar refractivity (Wildman–Crippen MR) is 53.0 cm³/mol. The third kappa shape index (κ3) is 4.23. The molecule has 14 heavy (non-hydrogen) atoms. The van der Waals surface area contributed by atoms with Gasteiger partial charge in [0.05, 0.1) is 13.0 Å². The predicted octanol–water partition coefficient (Wildman–Crippen LogP) is -0.0825. The number of nitrogens with zero attached hydrogens (tertiary/aromatic N) is 1. The Labute approximate surface area is 84.1 Å². The number of hydrogen-bond donors (Lipinski definition) is 2. The lowest BCUT2D eigenvalue weighted by molar-refractivity contribution is -0.140. The largest absolute Gasteiger partial charge is 0.481 e. The Balaban J connectivity index is 4.23. The Morgan fingerprint density at radius 3 is 2.43 bits per heavy atom. The highest BCUT2D eigenvalue weighted by Gasteiger charge is 2.19. The number of aliphatic carboxylic acids is 1. The standard InChI is InChI=1S/C9H18N2O3/c1-4-11(8(12)6-10-3)7(2)5-9(13)14/h7,10H,4-6H2,1-3H3,(H,13,14). The fourth-order valence-electron chi connectivity index (χ4n) is 1.35. The van der Waals surface area contributed by atoms with Crippen LogP contribution in [0, 0.1) is 0 Å². The number of hydrogen-bond acceptors (Lipinski definition) is 3. The van der Waals surface area contributed by atoms with Crippen molar-refractivity contribution in [1.29, 1.82) is 0 Å². The van der Waals surface area contributed by atoms with E-state index in [1.807, 2.05) is 6.92 Å². The van der Waals surface area contributed by atoms with Gasteiger partial charge in [0.25, 0.3) is 0 Å². The third-order valence-corrected chi connectivity index (χ3v) is 1.99. The zero-order valence-corrected chi connectivity index (χ0v) is 8.91. The quantitative estimate of drug-likeness (QED) is 0.632. The molecule has 0 aliphatic heterocycles. The summed E-state index contributed by atoms with van der Waals surface area (Å²) in [5.74, 6) is -0.947. The number of amides is 1. The van der Waals surface area contributed by atoms with Gasteiger partial charge in [-0.05, 0) is 20.9 Å². The molecule has 5 heteroatoms. The van der Waals surface area contributed by atoms with E-state index >= 15 is 0 Å². The van der Waals surface area contributed by atoms with E-state index in [0.717, 1.165) is 0 Å². The SMILES string of the molecule is CCN(C(=O)CNC)C(C)CC(=O)O. The number of rotatable bonds is 6. The zero-order valence-electron chi connectivity index (χ0n) is 8.91. The lowest BCUT2D eigenvalue weighted by atomic mass is 10.2. The first-order valence-electron chi connectivity index (χ1n) is 4.68. The minimum atomic E-state index is -0.881. The van der Waals surface area contributed by atoms with Crippen LogP contribution in [0.2, 0.25) is 0 Å². The van der Waals surface area contributed by atoms with Crippen molar-refractivity contribution >= 4 is 11.9 Å². The molecular weight excluding hydrogens is 184 g/mol. The lowest BCUT2D eigenvalue weighted by Crippen LogP contribution is -2.43. The van der Waals surface area contributed by atoms with Gasteiger partial charge >= 0.3 is 5.97 Å². The van der Waals surface area contributed by atoms with Crippen LogP contribution >= 0.6 is 0 Å². The van der Waals surface area contributed by atoms with E-state index in [2.05, 4.69) is 5.32 Å². The minimum absolute atomic E-state index is 0.0106. The van der Waals surface area contributed by atoms with Crippen LogP contribution in [-0.4, -0.2) is 48.1 Å². The van der Waals surface area contributed by atoms with E-state index in [1.165, 1.54) is 0 Å². The summed E-state index contributed by atoms with van der Waals surface area (Å²) in [6.45, 7) is 4.36. The van der Waals surface area contributed by atoms with Crippen LogP contribution in [0.15, 0.2) is 0 Å². The molecule has 1 amide bonds. The fraction of sp³-hybridized carbons (Fsp3) is 0.778. The molecule has 5 nitrogen and oxygen atoms in total. The summed E-state index contributed by atoms with van der Waals surface area (Å²) < 4.78 is 0. The number of carboxylic acid groups (broad SMARTS) is 1. The van der Waals surface area contributed by atoms with Gasteiger partial charge in [0.2, 0.25) is 5.91 Å². The number of likely N-dealkylation sites (N-methyl/N-ethyl adjacent to an activating group) is 2. The van der Waals surface area contributed by atoms with Gasteiger partial charge in [-0.2, -0.15) is 0 Å². The van der Waals surface area contributed by atoms with Gasteiger partial charge in [-0.15, -0.1) is 0 Å². The second-order valence-electron chi connectivity index (χ2n) is 3.16. The maximum Gasteiger partial charge on any atom is 0.305 e. The molecule has 0 bridgehead atoms. The van der Waals surface area contributed by atoms with Gasteiger partial charge in [0.1, 0.15) is 0 Å². The maximum atomic E-state index is 11.5. The van der Waals surface area contributed by atoms with E-state index in [4.69, 9.17) is 5.11 Å². The van der Waals surface area contributed by atoms with E-state index in [9.17, 15) is 9.59 Å². The first kappa shape index (κ1) is 12.9. The summed E-state index contributed by atoms with van der Waals surface area (Å²) in [6.07, 6.45) is -0.0106. The van der Waals surface area contributed by atoms with Gasteiger partial charge in [-0.25, -0.2) is 0 Å². The summed E-state index contributed by atoms with van der Waals surface area (Å²) in [7, 11) is 1.69. The molecule has 0 saturated carbocycles. The van der Waals surface area contributed by atoms with Gasteiger partial charge in [0, 0.05) is 12.6 Å². The first-order chi connectivity index (χ1) is 6.52. The minimum Gasteiger partial charge on any atom is -0.481 e. The Bertz CT molecular complexity index is 206. The van der Waals surface area contributed by atoms with E-state index < -0.39 is 5.97 Å². The molecule has 0 aliphatic rings. The molecule has 0 aromatic carbocycles. The number of carbonyl (C=O) groups is 2. The van der Waals surface area contributed by atoms with Gasteiger partial charge in [-0.3, -0.25) is 9.59 Å². The summed E-state index contributed by atoms with van der Waals surface area (Å²) in [4.78, 5) is 23.5. The highest BCUT2D eigenvalue weighted by molar-refractivity contribution is 5.79. The number of carbonyl (C=O) groups excluding carboxylic acids is 1. The van der Waals surface area contributed by atoms with E-state index in [1.54, 1.807) is 18.9 Å². The van der Waals surface area contributed by atoms with Crippen molar-refractivity contribution in [3.63, 3.8) is 0 Å². The number of nitrogens with one attached hydrogen (secondary N) is 1. The highest BCUT2D eigenvalue weighted by atomic mass is 16.4. The normalized spacial score (nSPS) is 12.2. The molecule has 0 radical (unpaired) electrons. The summed E-state index contributed by atoms with van der Waals surface area (Å²) >= 11 is 0. The number of carboxylic acids is 1. The summed E-state index contributed by atoms with van der Waals surface area (Å²) in [5, 5.41) is 11.3. The second-order valence-corrected chi connectivity index (χ2v) is 3.16. The molecule has 0 aromatic rings. The maximum absolute atomic E-state index is 11.5. The van der Waals surface area contributed by atoms with Crippen molar-refractivity contribution in [3.8, 4) is 0 Å². The van der Waals surface area contributed by atoms with Gasteiger partial charge in [0.15, 0.2) is 0 Å². The fourth-order valence-corrected chi connectivity index (χ4v) is 1.35. The molecule has 0 aromatic heterocycles. The monoisotopic (exact) mass is 202 g/mol. The Morgan fingerprint density at radius 1 is 1.50 bits per heavy atom. The Hall–Kier alpha value is -1.10. The molecule has 1 atom stereocenters. The van der Waals surface area contributed by atoms with E-state index in [-0.39, 0.29) is 24.9 Å². The van der Waals surface area contributed by atoms with Crippen molar-refractivity contribution in [2.45, 2.75) is 26.3 Å². The summed E-state index contributed by atoms with van der Waals surface area (Å²) in [5.41, 5.74) is 0. The molecule has 2 N–H and O–H groups in total. The lowest BCUT2D eigenvalue weighted by Gasteiger charge is -2.26. The van der Waals surface area contributed by atoms with Crippen LogP contribution in [0.5, 0.6) is 0 Å². The van der Waals surface area contributed by atoms with E-state index in [0.29, 0.717) is 6.54 Å². The van der Waals surface area contributed by atoms with Crippen molar-refractivity contribution in [2.24, 2.45) is 0 Å². The molecule has 0 fully saturated rings. The first-order valence-corrected chi connectivity index (χ1v) is 4.68. The molecule has 0 aliphatic carbocycles. The summed E-state index contributed by atoms with van der Waals surface area (Å²) in [6, 6.07) is -0.252. The highest BCUT2D eigenvalue weighted by Crippen LogP contribution is 2.03. The molecule has 0 spiro atoms. The van der Waals surface area contributed by atoms with Crippen LogP contribution in [-0.2, 0) is 9.59 Å². The molecule has 0 saturated heterocycles. The Kier molecular flexibility index (Phi) is 5.87. The molecule has 82 valence electrons. The molecule has 1 unspecified atom stereocenters. The smallest absolute Gasteiger partial charge is 0.305 e. The van der Waals surface area contributed by atoms with Crippen LogP contribution in [0.3, 0.4) is 0 Å². The van der Waals surface area contributed by atoms with Crippen LogP contribution in [0.1, 0.15) is 20.3 Å². The van der Waals surface area contributed by atoms with Crippen molar-refractivity contribution in [3.05, 3.63) is 0 Å². The average Bonchev–Trinajstić information content (AvgIpc) is 2.04. The second kappa shape index (κ2) is 6.37. The van der Waals surface area contributed by atoms with Crippen molar-refractivity contribution in [2.75, 3.05) is 20.1 Å². The molecule has 0 rings (SSSR count). The average molecular weight is 202 g/mol. The Morgan fingerprint density at radius 2 is 2.07 bits per heavy atom. The molecule has 0 heterocycles. The zero-order chi connectivity index (χ0) is 11.1. The van der Waals surface area contributed by atoms with Gasteiger partial charge < -0.3 is 15.3 Å². The van der Waals surface area contributed by atoms with Gasteiger partial charge in [-0.1, -0.05) is 0 Å². The third-order valence-electron chi connectivity index (χ3n) is 1.99. The van der Waals surface area contributed by atoms with Crippen LogP contribution in [0.25, 0.3) is 0 Å². The molecular formula is C9H18N2O3. The van der Waals surface area contributed by atoms with Crippen molar-refractivity contribution < 1.29 is 14.7 Å². The van der Waals surface area contributed by atoms with Crippen LogP contribution < -0.4 is 5.32 Å².